The van der Waals surface area contributed by atoms with E-state index in [1.807, 2.05) is 30.3 Å². The van der Waals surface area contributed by atoms with Crippen molar-refractivity contribution in [2.24, 2.45) is 0 Å². The lowest BCUT2D eigenvalue weighted by Gasteiger charge is -2.41. The van der Waals surface area contributed by atoms with Crippen molar-refractivity contribution in [2.75, 3.05) is 0 Å². The van der Waals surface area contributed by atoms with Gasteiger partial charge < -0.3 is 4.43 Å². The predicted molar refractivity (Wildman–Crippen MR) is 76.0 cm³/mol. The van der Waals surface area contributed by atoms with Crippen LogP contribution in [0.2, 0.25) is 19.6 Å². The number of hydrogen-bond donors (Lipinski definition) is 0. The summed E-state index contributed by atoms with van der Waals surface area (Å²) in [6.07, 6.45) is 3.56. The lowest BCUT2D eigenvalue weighted by atomic mass is 9.79. The molecular formula is C15H22O2Si. The number of ketones is 1. The molecule has 0 N–H and O–H groups in total. The molecule has 18 heavy (non-hydrogen) atoms. The Morgan fingerprint density at radius 1 is 1.11 bits per heavy atom. The molecule has 0 saturated heterocycles. The first-order valence-electron chi connectivity index (χ1n) is 6.73. The van der Waals surface area contributed by atoms with E-state index in [9.17, 15) is 4.79 Å². The van der Waals surface area contributed by atoms with E-state index in [1.165, 1.54) is 0 Å². The highest BCUT2D eigenvalue weighted by atomic mass is 28.4. The summed E-state index contributed by atoms with van der Waals surface area (Å²) in [5.74, 6) is 0.266. The minimum absolute atomic E-state index is 0.266. The third kappa shape index (κ3) is 2.73. The Hall–Kier alpha value is -0.933. The zero-order chi connectivity index (χ0) is 13.2. The Morgan fingerprint density at radius 3 is 2.33 bits per heavy atom. The first kappa shape index (κ1) is 13.5. The number of hydrogen-bond acceptors (Lipinski definition) is 2. The van der Waals surface area contributed by atoms with Gasteiger partial charge in [-0.25, -0.2) is 0 Å². The maximum Gasteiger partial charge on any atom is 0.185 e. The number of rotatable bonds is 3. The monoisotopic (exact) mass is 262 g/mol. The van der Waals surface area contributed by atoms with Crippen molar-refractivity contribution in [3.8, 4) is 0 Å². The van der Waals surface area contributed by atoms with E-state index >= 15 is 0 Å². The molecule has 1 aromatic carbocycles. The van der Waals surface area contributed by atoms with Gasteiger partial charge in [-0.1, -0.05) is 30.3 Å². The molecule has 0 aromatic heterocycles. The van der Waals surface area contributed by atoms with Crippen LogP contribution in [-0.4, -0.2) is 14.1 Å². The molecule has 1 aromatic rings. The molecule has 0 radical (unpaired) electrons. The Bertz CT molecular complexity index is 422. The van der Waals surface area contributed by atoms with Crippen molar-refractivity contribution >= 4 is 14.1 Å². The zero-order valence-corrected chi connectivity index (χ0v) is 12.5. The van der Waals surface area contributed by atoms with E-state index in [0.717, 1.165) is 24.8 Å². The third-order valence-corrected chi connectivity index (χ3v) is 4.31. The molecule has 0 bridgehead atoms. The molecule has 1 aliphatic rings. The molecular weight excluding hydrogens is 240 g/mol. The van der Waals surface area contributed by atoms with Crippen LogP contribution in [0.5, 0.6) is 0 Å². The van der Waals surface area contributed by atoms with Gasteiger partial charge in [-0.05, 0) is 44.5 Å². The Balaban J connectivity index is 2.42. The molecule has 2 rings (SSSR count). The lowest BCUT2D eigenvalue weighted by Crippen LogP contribution is -2.48. The van der Waals surface area contributed by atoms with Crippen LogP contribution in [0, 0.1) is 0 Å². The van der Waals surface area contributed by atoms with Crippen LogP contribution in [-0.2, 0) is 14.8 Å². The van der Waals surface area contributed by atoms with Gasteiger partial charge in [0.05, 0.1) is 0 Å². The summed E-state index contributed by atoms with van der Waals surface area (Å²) in [5, 5.41) is 0. The van der Waals surface area contributed by atoms with E-state index in [0.29, 0.717) is 6.42 Å². The minimum Gasteiger partial charge on any atom is -0.401 e. The van der Waals surface area contributed by atoms with E-state index in [4.69, 9.17) is 4.43 Å². The first-order valence-corrected chi connectivity index (χ1v) is 10.1. The Morgan fingerprint density at radius 2 is 1.78 bits per heavy atom. The van der Waals surface area contributed by atoms with Gasteiger partial charge in [0.15, 0.2) is 14.1 Å². The Labute approximate surface area is 110 Å². The molecule has 0 amide bonds. The summed E-state index contributed by atoms with van der Waals surface area (Å²) >= 11 is 0. The highest BCUT2D eigenvalue weighted by molar-refractivity contribution is 6.70. The van der Waals surface area contributed by atoms with Gasteiger partial charge >= 0.3 is 0 Å². The van der Waals surface area contributed by atoms with Gasteiger partial charge in [0, 0.05) is 6.42 Å². The highest BCUT2D eigenvalue weighted by Gasteiger charge is 2.45. The van der Waals surface area contributed by atoms with Crippen molar-refractivity contribution < 1.29 is 9.22 Å². The first-order chi connectivity index (χ1) is 8.44. The quantitative estimate of drug-likeness (QED) is 0.773. The fourth-order valence-corrected chi connectivity index (χ4v) is 4.08. The smallest absolute Gasteiger partial charge is 0.185 e. The molecule has 0 spiro atoms. The van der Waals surface area contributed by atoms with E-state index in [1.54, 1.807) is 0 Å². The second-order valence-electron chi connectivity index (χ2n) is 6.04. The zero-order valence-electron chi connectivity index (χ0n) is 11.5. The minimum atomic E-state index is -1.76. The summed E-state index contributed by atoms with van der Waals surface area (Å²) in [5.41, 5.74) is 0.376. The van der Waals surface area contributed by atoms with Crippen molar-refractivity contribution in [2.45, 2.75) is 50.9 Å². The highest BCUT2D eigenvalue weighted by Crippen LogP contribution is 2.40. The second kappa shape index (κ2) is 4.98. The third-order valence-electron chi connectivity index (χ3n) is 3.35. The van der Waals surface area contributed by atoms with Crippen LogP contribution < -0.4 is 0 Å². The largest absolute Gasteiger partial charge is 0.401 e. The predicted octanol–water partition coefficient (Wildman–Crippen LogP) is 3.88. The molecule has 98 valence electrons. The molecule has 3 heteroatoms. The van der Waals surface area contributed by atoms with E-state index < -0.39 is 13.9 Å². The summed E-state index contributed by atoms with van der Waals surface area (Å²) in [7, 11) is -1.76. The molecule has 0 aliphatic heterocycles. The fourth-order valence-electron chi connectivity index (χ4n) is 2.70. The van der Waals surface area contributed by atoms with E-state index in [-0.39, 0.29) is 5.78 Å². The summed E-state index contributed by atoms with van der Waals surface area (Å²) in [6, 6.07) is 10.0. The van der Waals surface area contributed by atoms with Crippen LogP contribution in [0.1, 0.15) is 31.2 Å². The molecule has 1 atom stereocenters. The SMILES string of the molecule is C[Si](C)(C)OC1(c2ccccc2)CCCCC1=O. The molecule has 1 saturated carbocycles. The van der Waals surface area contributed by atoms with Crippen molar-refractivity contribution in [1.82, 2.24) is 0 Å². The number of Topliss-reactive ketones (excluding diaryl/α,β-unsaturated/α-hetero) is 1. The van der Waals surface area contributed by atoms with Gasteiger partial charge in [-0.3, -0.25) is 4.79 Å². The molecule has 1 aliphatic carbocycles. The van der Waals surface area contributed by atoms with Crippen molar-refractivity contribution in [3.63, 3.8) is 0 Å². The number of benzene rings is 1. The molecule has 1 fully saturated rings. The van der Waals surface area contributed by atoms with Crippen LogP contribution in [0.3, 0.4) is 0 Å². The summed E-state index contributed by atoms with van der Waals surface area (Å²) < 4.78 is 6.35. The van der Waals surface area contributed by atoms with Crippen molar-refractivity contribution in [3.05, 3.63) is 35.9 Å². The Kier molecular flexibility index (Phi) is 3.73. The average molecular weight is 262 g/mol. The lowest BCUT2D eigenvalue weighted by molar-refractivity contribution is -0.139. The normalized spacial score (nSPS) is 25.2. The summed E-state index contributed by atoms with van der Waals surface area (Å²) in [6.45, 7) is 6.46. The van der Waals surface area contributed by atoms with E-state index in [2.05, 4.69) is 19.6 Å². The number of carbonyl (C=O) groups excluding carboxylic acids is 1. The molecule has 2 nitrogen and oxygen atoms in total. The maximum absolute atomic E-state index is 12.5. The van der Waals surface area contributed by atoms with Gasteiger partial charge in [0.1, 0.15) is 5.60 Å². The summed E-state index contributed by atoms with van der Waals surface area (Å²) in [4.78, 5) is 12.5. The topological polar surface area (TPSA) is 26.3 Å². The fraction of sp³-hybridized carbons (Fsp3) is 0.533. The van der Waals surface area contributed by atoms with Crippen LogP contribution in [0.15, 0.2) is 30.3 Å². The van der Waals surface area contributed by atoms with Crippen LogP contribution in [0.4, 0.5) is 0 Å². The average Bonchev–Trinajstić information content (AvgIpc) is 2.32. The molecule has 0 heterocycles. The van der Waals surface area contributed by atoms with Gasteiger partial charge in [-0.15, -0.1) is 0 Å². The van der Waals surface area contributed by atoms with Crippen molar-refractivity contribution in [1.29, 1.82) is 0 Å². The van der Waals surface area contributed by atoms with Crippen LogP contribution in [0.25, 0.3) is 0 Å². The molecule has 1 unspecified atom stereocenters. The van der Waals surface area contributed by atoms with Gasteiger partial charge in [0.2, 0.25) is 0 Å². The second-order valence-corrected chi connectivity index (χ2v) is 10.5. The standard InChI is InChI=1S/C15H22O2Si/c1-18(2,3)17-15(12-8-7-11-14(15)16)13-9-5-4-6-10-13/h4-6,9-10H,7-8,11-12H2,1-3H3. The van der Waals surface area contributed by atoms with Gasteiger partial charge in [-0.2, -0.15) is 0 Å². The van der Waals surface area contributed by atoms with Gasteiger partial charge in [0.25, 0.3) is 0 Å². The maximum atomic E-state index is 12.5. The van der Waals surface area contributed by atoms with Crippen LogP contribution >= 0.6 is 0 Å². The number of carbonyl (C=O) groups is 1.